The maximum Gasteiger partial charge on any atom is 0.269 e. The molecule has 0 spiro atoms. The molecule has 1 saturated heterocycles. The van der Waals surface area contributed by atoms with E-state index in [-0.39, 0.29) is 5.91 Å². The maximum atomic E-state index is 12.2. The van der Waals surface area contributed by atoms with Crippen molar-refractivity contribution in [1.29, 1.82) is 0 Å². The second-order valence-electron chi connectivity index (χ2n) is 6.80. The number of aryl methyl sites for hydroxylation is 1. The van der Waals surface area contributed by atoms with E-state index in [1.807, 2.05) is 6.07 Å². The fourth-order valence-electron chi connectivity index (χ4n) is 2.89. The van der Waals surface area contributed by atoms with Gasteiger partial charge in [-0.1, -0.05) is 35.9 Å². The van der Waals surface area contributed by atoms with Crippen LogP contribution in [0, 0.1) is 12.8 Å². The van der Waals surface area contributed by atoms with Gasteiger partial charge in [0.1, 0.15) is 5.69 Å². The summed E-state index contributed by atoms with van der Waals surface area (Å²) in [5.41, 5.74) is 3.79. The van der Waals surface area contributed by atoms with Gasteiger partial charge in [0.2, 0.25) is 0 Å². The van der Waals surface area contributed by atoms with Gasteiger partial charge >= 0.3 is 0 Å². The molecule has 0 radical (unpaired) electrons. The molecule has 0 atom stereocenters. The standard InChI is InChI=1S/C21H26N2O3/c1-16-2-4-18(5-3-16)14-26-15-19-6-7-20(22-13-19)21(24)23-12-17-8-10-25-11-9-17/h2-7,13,17H,8-12,14-15H2,1H3,(H,23,24). The molecule has 1 aromatic carbocycles. The van der Waals surface area contributed by atoms with E-state index < -0.39 is 0 Å². The average Bonchev–Trinajstić information content (AvgIpc) is 2.69. The van der Waals surface area contributed by atoms with Crippen molar-refractivity contribution in [3.63, 3.8) is 0 Å². The summed E-state index contributed by atoms with van der Waals surface area (Å²) in [6.07, 6.45) is 3.72. The molecule has 0 unspecified atom stereocenters. The molecule has 3 rings (SSSR count). The smallest absolute Gasteiger partial charge is 0.269 e. The molecule has 2 heterocycles. The fourth-order valence-corrected chi connectivity index (χ4v) is 2.89. The van der Waals surface area contributed by atoms with Crippen LogP contribution in [0.15, 0.2) is 42.6 Å². The first-order chi connectivity index (χ1) is 12.7. The van der Waals surface area contributed by atoms with E-state index >= 15 is 0 Å². The van der Waals surface area contributed by atoms with Crippen LogP contribution in [0.2, 0.25) is 0 Å². The molecule has 1 aromatic heterocycles. The van der Waals surface area contributed by atoms with Gasteiger partial charge in [-0.3, -0.25) is 9.78 Å². The number of nitrogens with one attached hydrogen (secondary N) is 1. The van der Waals surface area contributed by atoms with Crippen LogP contribution >= 0.6 is 0 Å². The first kappa shape index (κ1) is 18.5. The summed E-state index contributed by atoms with van der Waals surface area (Å²) in [6.45, 7) is 5.37. The molecular formula is C21H26N2O3. The largest absolute Gasteiger partial charge is 0.381 e. The molecule has 1 amide bonds. The fraction of sp³-hybridized carbons (Fsp3) is 0.429. The minimum Gasteiger partial charge on any atom is -0.381 e. The summed E-state index contributed by atoms with van der Waals surface area (Å²) in [6, 6.07) is 11.9. The highest BCUT2D eigenvalue weighted by Crippen LogP contribution is 2.13. The summed E-state index contributed by atoms with van der Waals surface area (Å²) in [4.78, 5) is 16.5. The third-order valence-electron chi connectivity index (χ3n) is 4.61. The van der Waals surface area contributed by atoms with Crippen LogP contribution < -0.4 is 5.32 Å². The Morgan fingerprint density at radius 3 is 2.50 bits per heavy atom. The molecule has 0 aliphatic carbocycles. The first-order valence-electron chi connectivity index (χ1n) is 9.15. The SMILES string of the molecule is Cc1ccc(COCc2ccc(C(=O)NCC3CCOCC3)nc2)cc1. The molecule has 138 valence electrons. The van der Waals surface area contributed by atoms with Gasteiger partial charge in [0, 0.05) is 26.0 Å². The van der Waals surface area contributed by atoms with Crippen molar-refractivity contribution in [2.45, 2.75) is 33.0 Å². The minimum atomic E-state index is -0.122. The van der Waals surface area contributed by atoms with Crippen LogP contribution in [0.5, 0.6) is 0 Å². The van der Waals surface area contributed by atoms with Crippen molar-refractivity contribution in [3.8, 4) is 0 Å². The first-order valence-corrected chi connectivity index (χ1v) is 9.15. The van der Waals surface area contributed by atoms with Crippen LogP contribution in [0.4, 0.5) is 0 Å². The van der Waals surface area contributed by atoms with Crippen LogP contribution in [-0.2, 0) is 22.7 Å². The normalized spacial score (nSPS) is 15.0. The van der Waals surface area contributed by atoms with Crippen LogP contribution in [0.1, 0.15) is 40.0 Å². The Morgan fingerprint density at radius 1 is 1.12 bits per heavy atom. The van der Waals surface area contributed by atoms with E-state index in [2.05, 4.69) is 41.5 Å². The summed E-state index contributed by atoms with van der Waals surface area (Å²) >= 11 is 0. The third-order valence-corrected chi connectivity index (χ3v) is 4.61. The monoisotopic (exact) mass is 354 g/mol. The molecule has 0 bridgehead atoms. The summed E-state index contributed by atoms with van der Waals surface area (Å²) in [5, 5.41) is 2.97. The lowest BCUT2D eigenvalue weighted by atomic mass is 10.0. The molecule has 1 fully saturated rings. The highest BCUT2D eigenvalue weighted by molar-refractivity contribution is 5.92. The Hall–Kier alpha value is -2.24. The van der Waals surface area contributed by atoms with E-state index in [0.29, 0.717) is 31.4 Å². The summed E-state index contributed by atoms with van der Waals surface area (Å²) in [7, 11) is 0. The van der Waals surface area contributed by atoms with Gasteiger partial charge in [0.25, 0.3) is 5.91 Å². The van der Waals surface area contributed by atoms with E-state index in [1.165, 1.54) is 5.56 Å². The minimum absolute atomic E-state index is 0.122. The number of benzene rings is 1. The molecule has 2 aromatic rings. The lowest BCUT2D eigenvalue weighted by Gasteiger charge is -2.22. The molecule has 0 saturated carbocycles. The van der Waals surface area contributed by atoms with Gasteiger partial charge < -0.3 is 14.8 Å². The summed E-state index contributed by atoms with van der Waals surface area (Å²) < 4.78 is 11.1. The van der Waals surface area contributed by atoms with Crippen molar-refractivity contribution in [3.05, 3.63) is 65.0 Å². The third kappa shape index (κ3) is 5.64. The van der Waals surface area contributed by atoms with Crippen molar-refractivity contribution in [2.75, 3.05) is 19.8 Å². The number of carbonyl (C=O) groups is 1. The second kappa shape index (κ2) is 9.46. The Bertz CT molecular complexity index is 692. The van der Waals surface area contributed by atoms with E-state index in [0.717, 1.165) is 37.2 Å². The van der Waals surface area contributed by atoms with E-state index in [1.54, 1.807) is 12.3 Å². The Morgan fingerprint density at radius 2 is 1.81 bits per heavy atom. The molecule has 26 heavy (non-hydrogen) atoms. The van der Waals surface area contributed by atoms with Crippen molar-refractivity contribution < 1.29 is 14.3 Å². The van der Waals surface area contributed by atoms with Gasteiger partial charge in [-0.25, -0.2) is 0 Å². The highest BCUT2D eigenvalue weighted by atomic mass is 16.5. The number of pyridine rings is 1. The Kier molecular flexibility index (Phi) is 6.75. The highest BCUT2D eigenvalue weighted by Gasteiger charge is 2.15. The Labute approximate surface area is 154 Å². The quantitative estimate of drug-likeness (QED) is 0.829. The number of hydrogen-bond donors (Lipinski definition) is 1. The molecule has 5 heteroatoms. The van der Waals surface area contributed by atoms with Crippen LogP contribution in [0.25, 0.3) is 0 Å². The summed E-state index contributed by atoms with van der Waals surface area (Å²) in [5.74, 6) is 0.380. The lowest BCUT2D eigenvalue weighted by Crippen LogP contribution is -2.32. The predicted octanol–water partition coefficient (Wildman–Crippen LogP) is 3.26. The zero-order valence-electron chi connectivity index (χ0n) is 15.2. The second-order valence-corrected chi connectivity index (χ2v) is 6.80. The topological polar surface area (TPSA) is 60.5 Å². The van der Waals surface area contributed by atoms with Gasteiger partial charge in [-0.15, -0.1) is 0 Å². The molecule has 5 nitrogen and oxygen atoms in total. The van der Waals surface area contributed by atoms with Gasteiger partial charge in [0.15, 0.2) is 0 Å². The van der Waals surface area contributed by atoms with E-state index in [9.17, 15) is 4.79 Å². The van der Waals surface area contributed by atoms with Crippen molar-refractivity contribution >= 4 is 5.91 Å². The maximum absolute atomic E-state index is 12.2. The Balaban J connectivity index is 1.42. The van der Waals surface area contributed by atoms with E-state index in [4.69, 9.17) is 9.47 Å². The lowest BCUT2D eigenvalue weighted by molar-refractivity contribution is 0.0642. The van der Waals surface area contributed by atoms with Crippen LogP contribution in [-0.4, -0.2) is 30.6 Å². The molecule has 1 aliphatic heterocycles. The average molecular weight is 354 g/mol. The molecule has 1 N–H and O–H groups in total. The number of ether oxygens (including phenoxy) is 2. The zero-order valence-corrected chi connectivity index (χ0v) is 15.2. The number of carbonyl (C=O) groups excluding carboxylic acids is 1. The molecular weight excluding hydrogens is 328 g/mol. The number of aromatic nitrogens is 1. The van der Waals surface area contributed by atoms with Crippen LogP contribution in [0.3, 0.4) is 0 Å². The zero-order chi connectivity index (χ0) is 18.2. The predicted molar refractivity (Wildman–Crippen MR) is 99.8 cm³/mol. The number of hydrogen-bond acceptors (Lipinski definition) is 4. The number of nitrogens with zero attached hydrogens (tertiary/aromatic N) is 1. The van der Waals surface area contributed by atoms with Crippen molar-refractivity contribution in [1.82, 2.24) is 10.3 Å². The number of rotatable bonds is 7. The number of amides is 1. The molecule has 1 aliphatic rings. The van der Waals surface area contributed by atoms with Crippen molar-refractivity contribution in [2.24, 2.45) is 5.92 Å². The van der Waals surface area contributed by atoms with Gasteiger partial charge in [-0.05, 0) is 42.9 Å². The van der Waals surface area contributed by atoms with Gasteiger partial charge in [-0.2, -0.15) is 0 Å². The van der Waals surface area contributed by atoms with Gasteiger partial charge in [0.05, 0.1) is 13.2 Å².